The molecule has 3 heterocycles. The van der Waals surface area contributed by atoms with E-state index in [2.05, 4.69) is 15.0 Å². The van der Waals surface area contributed by atoms with Gasteiger partial charge in [0.1, 0.15) is 16.5 Å². The van der Waals surface area contributed by atoms with Crippen LogP contribution >= 0.6 is 11.3 Å². The number of hydrogen-bond donors (Lipinski definition) is 0. The maximum Gasteiger partial charge on any atom is 0.273 e. The summed E-state index contributed by atoms with van der Waals surface area (Å²) in [6, 6.07) is 1.77. The molecule has 1 saturated heterocycles. The van der Waals surface area contributed by atoms with Gasteiger partial charge in [0.05, 0.1) is 6.04 Å². The molecule has 0 radical (unpaired) electrons. The minimum Gasteiger partial charge on any atom is -0.328 e. The molecule has 5 nitrogen and oxygen atoms in total. The van der Waals surface area contributed by atoms with Crippen LogP contribution in [0, 0.1) is 13.8 Å². The summed E-state index contributed by atoms with van der Waals surface area (Å²) >= 11 is 1.64. The van der Waals surface area contributed by atoms with E-state index in [9.17, 15) is 4.79 Å². The van der Waals surface area contributed by atoms with Gasteiger partial charge in [0.25, 0.3) is 5.91 Å². The van der Waals surface area contributed by atoms with Crippen molar-refractivity contribution in [3.8, 4) is 0 Å². The number of thiazole rings is 1. The summed E-state index contributed by atoms with van der Waals surface area (Å²) in [5.74, 6) is 0.609. The molecular formula is C15H18N4OS. The van der Waals surface area contributed by atoms with E-state index < -0.39 is 0 Å². The van der Waals surface area contributed by atoms with Crippen LogP contribution in [0.25, 0.3) is 0 Å². The van der Waals surface area contributed by atoms with Gasteiger partial charge in [-0.15, -0.1) is 11.3 Å². The second kappa shape index (κ2) is 5.89. The third-order valence-corrected chi connectivity index (χ3v) is 4.74. The van der Waals surface area contributed by atoms with Gasteiger partial charge in [0, 0.05) is 23.8 Å². The Bertz CT molecular complexity index is 655. The van der Waals surface area contributed by atoms with E-state index in [0.717, 1.165) is 36.5 Å². The van der Waals surface area contributed by atoms with Crippen LogP contribution in [0.2, 0.25) is 0 Å². The Labute approximate surface area is 128 Å². The molecule has 0 spiro atoms. The van der Waals surface area contributed by atoms with Crippen molar-refractivity contribution in [3.63, 3.8) is 0 Å². The van der Waals surface area contributed by atoms with Crippen molar-refractivity contribution in [1.82, 2.24) is 19.9 Å². The van der Waals surface area contributed by atoms with Gasteiger partial charge < -0.3 is 4.90 Å². The third kappa shape index (κ3) is 2.95. The lowest BCUT2D eigenvalue weighted by Gasteiger charge is -2.34. The number of aromatic nitrogens is 3. The van der Waals surface area contributed by atoms with Crippen LogP contribution < -0.4 is 0 Å². The van der Waals surface area contributed by atoms with E-state index in [4.69, 9.17) is 0 Å². The highest BCUT2D eigenvalue weighted by Crippen LogP contribution is 2.33. The standard InChI is InChI=1S/C15H18N4OS/c1-10-9-21-14(17-10)13-5-3-4-8-19(13)15(20)12-6-7-16-11(2)18-12/h6-7,9,13H,3-5,8H2,1-2H3. The lowest BCUT2D eigenvalue weighted by molar-refractivity contribution is 0.0604. The summed E-state index contributed by atoms with van der Waals surface area (Å²) in [6.07, 6.45) is 4.79. The number of hydrogen-bond acceptors (Lipinski definition) is 5. The van der Waals surface area contributed by atoms with Gasteiger partial charge in [0.15, 0.2) is 0 Å². The van der Waals surface area contributed by atoms with Crippen LogP contribution in [-0.4, -0.2) is 32.3 Å². The monoisotopic (exact) mass is 302 g/mol. The van der Waals surface area contributed by atoms with Gasteiger partial charge in [-0.2, -0.15) is 0 Å². The highest BCUT2D eigenvalue weighted by molar-refractivity contribution is 7.09. The summed E-state index contributed by atoms with van der Waals surface area (Å²) in [4.78, 5) is 27.6. The summed E-state index contributed by atoms with van der Waals surface area (Å²) < 4.78 is 0. The molecule has 0 bridgehead atoms. The first-order valence-corrected chi connectivity index (χ1v) is 8.06. The maximum absolute atomic E-state index is 12.8. The Morgan fingerprint density at radius 3 is 2.90 bits per heavy atom. The normalized spacial score (nSPS) is 18.8. The highest BCUT2D eigenvalue weighted by Gasteiger charge is 2.31. The number of likely N-dealkylation sites (tertiary alicyclic amines) is 1. The first kappa shape index (κ1) is 14.1. The topological polar surface area (TPSA) is 59.0 Å². The lowest BCUT2D eigenvalue weighted by atomic mass is 10.0. The Morgan fingerprint density at radius 2 is 2.19 bits per heavy atom. The van der Waals surface area contributed by atoms with Crippen molar-refractivity contribution in [3.05, 3.63) is 39.9 Å². The fourth-order valence-electron chi connectivity index (χ4n) is 2.68. The van der Waals surface area contributed by atoms with Crippen LogP contribution in [0.3, 0.4) is 0 Å². The molecule has 2 aromatic heterocycles. The molecule has 0 saturated carbocycles. The van der Waals surface area contributed by atoms with Crippen LogP contribution in [0.5, 0.6) is 0 Å². The van der Waals surface area contributed by atoms with E-state index in [1.165, 1.54) is 0 Å². The smallest absolute Gasteiger partial charge is 0.273 e. The average Bonchev–Trinajstić information content (AvgIpc) is 2.93. The fraction of sp³-hybridized carbons (Fsp3) is 0.467. The van der Waals surface area contributed by atoms with Crippen molar-refractivity contribution < 1.29 is 4.79 Å². The van der Waals surface area contributed by atoms with Crippen molar-refractivity contribution in [2.24, 2.45) is 0 Å². The zero-order valence-corrected chi connectivity index (χ0v) is 13.1. The number of aryl methyl sites for hydroxylation is 2. The quantitative estimate of drug-likeness (QED) is 0.856. The zero-order chi connectivity index (χ0) is 14.8. The van der Waals surface area contributed by atoms with Crippen LogP contribution in [-0.2, 0) is 0 Å². The first-order valence-electron chi connectivity index (χ1n) is 7.18. The number of rotatable bonds is 2. The third-order valence-electron chi connectivity index (χ3n) is 3.68. The van der Waals surface area contributed by atoms with Gasteiger partial charge in [-0.3, -0.25) is 4.79 Å². The van der Waals surface area contributed by atoms with Gasteiger partial charge in [-0.05, 0) is 39.2 Å². The molecule has 3 rings (SSSR count). The fourth-order valence-corrected chi connectivity index (χ4v) is 3.62. The number of carbonyl (C=O) groups excluding carboxylic acids is 1. The summed E-state index contributed by atoms with van der Waals surface area (Å²) in [6.45, 7) is 4.56. The van der Waals surface area contributed by atoms with Gasteiger partial charge in [0.2, 0.25) is 0 Å². The first-order chi connectivity index (χ1) is 10.1. The SMILES string of the molecule is Cc1csc(C2CCCCN2C(=O)c2ccnc(C)n2)n1. The minimum atomic E-state index is -0.0157. The molecule has 21 heavy (non-hydrogen) atoms. The number of amides is 1. The highest BCUT2D eigenvalue weighted by atomic mass is 32.1. The predicted octanol–water partition coefficient (Wildman–Crippen LogP) is 2.92. The maximum atomic E-state index is 12.8. The van der Waals surface area contributed by atoms with E-state index in [-0.39, 0.29) is 11.9 Å². The molecular weight excluding hydrogens is 284 g/mol. The average molecular weight is 302 g/mol. The van der Waals surface area contributed by atoms with Gasteiger partial charge >= 0.3 is 0 Å². The second-order valence-corrected chi connectivity index (χ2v) is 6.22. The molecule has 6 heteroatoms. The molecule has 110 valence electrons. The molecule has 0 aliphatic carbocycles. The van der Waals surface area contributed by atoms with E-state index in [1.54, 1.807) is 30.5 Å². The molecule has 1 aliphatic heterocycles. The van der Waals surface area contributed by atoms with Crippen molar-refractivity contribution in [2.45, 2.75) is 39.2 Å². The molecule has 1 fully saturated rings. The lowest BCUT2D eigenvalue weighted by Crippen LogP contribution is -2.39. The van der Waals surface area contributed by atoms with E-state index >= 15 is 0 Å². The summed E-state index contributed by atoms with van der Waals surface area (Å²) in [5, 5.41) is 3.08. The van der Waals surface area contributed by atoms with Crippen LogP contribution in [0.15, 0.2) is 17.6 Å². The number of nitrogens with zero attached hydrogens (tertiary/aromatic N) is 4. The predicted molar refractivity (Wildman–Crippen MR) is 81.2 cm³/mol. The zero-order valence-electron chi connectivity index (χ0n) is 12.2. The molecule has 1 amide bonds. The minimum absolute atomic E-state index is 0.0157. The summed E-state index contributed by atoms with van der Waals surface area (Å²) in [5.41, 5.74) is 1.49. The Balaban J connectivity index is 1.89. The van der Waals surface area contributed by atoms with Crippen molar-refractivity contribution in [2.75, 3.05) is 6.54 Å². The molecule has 2 aromatic rings. The number of carbonyl (C=O) groups is 1. The van der Waals surface area contributed by atoms with Crippen LogP contribution in [0.4, 0.5) is 0 Å². The summed E-state index contributed by atoms with van der Waals surface area (Å²) in [7, 11) is 0. The van der Waals surface area contributed by atoms with E-state index in [1.807, 2.05) is 17.2 Å². The number of piperidine rings is 1. The molecule has 0 N–H and O–H groups in total. The largest absolute Gasteiger partial charge is 0.328 e. The van der Waals surface area contributed by atoms with Crippen LogP contribution in [0.1, 0.15) is 52.3 Å². The molecule has 0 aromatic carbocycles. The van der Waals surface area contributed by atoms with Crippen molar-refractivity contribution >= 4 is 17.2 Å². The Morgan fingerprint density at radius 1 is 1.33 bits per heavy atom. The molecule has 1 atom stereocenters. The van der Waals surface area contributed by atoms with Gasteiger partial charge in [-0.1, -0.05) is 0 Å². The van der Waals surface area contributed by atoms with Crippen molar-refractivity contribution in [1.29, 1.82) is 0 Å². The Hall–Kier alpha value is -1.82. The molecule has 1 unspecified atom stereocenters. The van der Waals surface area contributed by atoms with Gasteiger partial charge in [-0.25, -0.2) is 15.0 Å². The van der Waals surface area contributed by atoms with E-state index in [0.29, 0.717) is 11.5 Å². The second-order valence-electron chi connectivity index (χ2n) is 5.33. The Kier molecular flexibility index (Phi) is 3.96. The molecule has 1 aliphatic rings.